The van der Waals surface area contributed by atoms with E-state index in [2.05, 4.69) is 22.4 Å². The zero-order chi connectivity index (χ0) is 13.5. The summed E-state index contributed by atoms with van der Waals surface area (Å²) in [6.45, 7) is 2.06. The summed E-state index contributed by atoms with van der Waals surface area (Å²) in [6, 6.07) is 0.361. The number of hydrogen-bond acceptors (Lipinski definition) is 5. The third-order valence-electron chi connectivity index (χ3n) is 3.21. The van der Waals surface area contributed by atoms with Crippen LogP contribution < -0.4 is 5.32 Å². The van der Waals surface area contributed by atoms with Crippen LogP contribution in [0.3, 0.4) is 0 Å². The van der Waals surface area contributed by atoms with Crippen molar-refractivity contribution in [2.45, 2.75) is 63.1 Å². The lowest BCUT2D eigenvalue weighted by molar-refractivity contribution is -0.119. The minimum Gasteiger partial charge on any atom is -0.416 e. The first kappa shape index (κ1) is 14.4. The van der Waals surface area contributed by atoms with E-state index in [0.717, 1.165) is 25.7 Å². The van der Waals surface area contributed by atoms with Gasteiger partial charge in [0, 0.05) is 12.5 Å². The Bertz CT molecular complexity index is 402. The van der Waals surface area contributed by atoms with Gasteiger partial charge in [0.2, 0.25) is 11.8 Å². The molecule has 0 atom stereocenters. The lowest BCUT2D eigenvalue weighted by Gasteiger charge is -2.22. The smallest absolute Gasteiger partial charge is 0.277 e. The molecule has 0 aromatic carbocycles. The SMILES string of the molecule is CCCc1nnc(SCC(=O)NC2CCCCC2)o1. The van der Waals surface area contributed by atoms with Gasteiger partial charge in [0.1, 0.15) is 0 Å². The maximum Gasteiger partial charge on any atom is 0.277 e. The molecule has 19 heavy (non-hydrogen) atoms. The number of nitrogens with zero attached hydrogens (tertiary/aromatic N) is 2. The summed E-state index contributed by atoms with van der Waals surface area (Å²) in [6.07, 6.45) is 7.74. The van der Waals surface area contributed by atoms with Gasteiger partial charge in [-0.3, -0.25) is 4.79 Å². The average Bonchev–Trinajstić information content (AvgIpc) is 2.86. The van der Waals surface area contributed by atoms with Gasteiger partial charge in [-0.2, -0.15) is 0 Å². The molecule has 0 spiro atoms. The van der Waals surface area contributed by atoms with Gasteiger partial charge in [-0.05, 0) is 19.3 Å². The van der Waals surface area contributed by atoms with Gasteiger partial charge >= 0.3 is 0 Å². The first-order valence-electron chi connectivity index (χ1n) is 7.02. The minimum absolute atomic E-state index is 0.0622. The summed E-state index contributed by atoms with van der Waals surface area (Å²) in [5.74, 6) is 1.06. The molecule has 2 rings (SSSR count). The number of hydrogen-bond donors (Lipinski definition) is 1. The van der Waals surface area contributed by atoms with E-state index in [1.165, 1.54) is 31.0 Å². The predicted octanol–water partition coefficient (Wildman–Crippen LogP) is 2.56. The molecule has 0 unspecified atom stereocenters. The summed E-state index contributed by atoms with van der Waals surface area (Å²) in [7, 11) is 0. The zero-order valence-electron chi connectivity index (χ0n) is 11.4. The van der Waals surface area contributed by atoms with Gasteiger partial charge in [-0.15, -0.1) is 10.2 Å². The molecule has 0 bridgehead atoms. The maximum absolute atomic E-state index is 11.8. The van der Waals surface area contributed by atoms with E-state index >= 15 is 0 Å². The number of rotatable bonds is 6. The molecule has 1 aliphatic rings. The van der Waals surface area contributed by atoms with Crippen molar-refractivity contribution in [3.8, 4) is 0 Å². The van der Waals surface area contributed by atoms with Crippen molar-refractivity contribution in [1.29, 1.82) is 0 Å². The third kappa shape index (κ3) is 4.86. The molecule has 1 fully saturated rings. The highest BCUT2D eigenvalue weighted by Gasteiger charge is 2.16. The monoisotopic (exact) mass is 283 g/mol. The molecule has 0 radical (unpaired) electrons. The van der Waals surface area contributed by atoms with Gasteiger partial charge in [-0.1, -0.05) is 37.9 Å². The molecule has 0 aliphatic heterocycles. The van der Waals surface area contributed by atoms with E-state index < -0.39 is 0 Å². The minimum atomic E-state index is 0.0622. The van der Waals surface area contributed by atoms with E-state index in [0.29, 0.717) is 22.9 Å². The molecular weight excluding hydrogens is 262 g/mol. The Morgan fingerprint density at radius 2 is 2.16 bits per heavy atom. The van der Waals surface area contributed by atoms with Crippen molar-refractivity contribution < 1.29 is 9.21 Å². The zero-order valence-corrected chi connectivity index (χ0v) is 12.2. The lowest BCUT2D eigenvalue weighted by atomic mass is 9.95. The van der Waals surface area contributed by atoms with Crippen molar-refractivity contribution >= 4 is 17.7 Å². The largest absolute Gasteiger partial charge is 0.416 e. The Balaban J connectivity index is 1.69. The number of nitrogens with one attached hydrogen (secondary N) is 1. The van der Waals surface area contributed by atoms with Crippen molar-refractivity contribution in [3.05, 3.63) is 5.89 Å². The number of carbonyl (C=O) groups excluding carboxylic acids is 1. The van der Waals surface area contributed by atoms with E-state index in [4.69, 9.17) is 4.42 Å². The first-order chi connectivity index (χ1) is 9.28. The Labute approximate surface area is 117 Å². The van der Waals surface area contributed by atoms with Crippen LogP contribution in [-0.4, -0.2) is 27.9 Å². The summed E-state index contributed by atoms with van der Waals surface area (Å²) >= 11 is 1.31. The first-order valence-corrected chi connectivity index (χ1v) is 8.01. The van der Waals surface area contributed by atoms with Crippen molar-refractivity contribution in [3.63, 3.8) is 0 Å². The van der Waals surface area contributed by atoms with E-state index in [1.807, 2.05) is 0 Å². The third-order valence-corrected chi connectivity index (χ3v) is 4.03. The van der Waals surface area contributed by atoms with Crippen molar-refractivity contribution in [2.24, 2.45) is 0 Å². The second-order valence-electron chi connectivity index (χ2n) is 4.90. The second-order valence-corrected chi connectivity index (χ2v) is 5.83. The Morgan fingerprint density at radius 3 is 2.89 bits per heavy atom. The molecule has 1 saturated carbocycles. The number of carbonyl (C=O) groups is 1. The molecule has 1 heterocycles. The molecular formula is C13H21N3O2S. The van der Waals surface area contributed by atoms with Crippen LogP contribution in [0.5, 0.6) is 0 Å². The fourth-order valence-corrected chi connectivity index (χ4v) is 2.85. The van der Waals surface area contributed by atoms with E-state index in [9.17, 15) is 4.79 Å². The Kier molecular flexibility index (Phi) is 5.69. The quantitative estimate of drug-likeness (QED) is 0.813. The van der Waals surface area contributed by atoms with Gasteiger partial charge in [-0.25, -0.2) is 0 Å². The van der Waals surface area contributed by atoms with E-state index in [1.54, 1.807) is 0 Å². The van der Waals surface area contributed by atoms with Crippen LogP contribution in [0.25, 0.3) is 0 Å². The van der Waals surface area contributed by atoms with Gasteiger partial charge in [0.15, 0.2) is 0 Å². The molecule has 1 amide bonds. The number of amides is 1. The van der Waals surface area contributed by atoms with Crippen LogP contribution in [-0.2, 0) is 11.2 Å². The molecule has 106 valence electrons. The molecule has 1 aromatic rings. The number of thioether (sulfide) groups is 1. The average molecular weight is 283 g/mol. The van der Waals surface area contributed by atoms with Crippen LogP contribution in [0.4, 0.5) is 0 Å². The van der Waals surface area contributed by atoms with Crippen LogP contribution in [0.2, 0.25) is 0 Å². The summed E-state index contributed by atoms with van der Waals surface area (Å²) in [5.41, 5.74) is 0. The Hall–Kier alpha value is -1.04. The molecule has 5 nitrogen and oxygen atoms in total. The van der Waals surface area contributed by atoms with Crippen molar-refractivity contribution in [1.82, 2.24) is 15.5 Å². The van der Waals surface area contributed by atoms with Crippen LogP contribution in [0, 0.1) is 0 Å². The summed E-state index contributed by atoms with van der Waals surface area (Å²) < 4.78 is 5.43. The van der Waals surface area contributed by atoms with Gasteiger partial charge in [0.05, 0.1) is 5.75 Å². The second kappa shape index (κ2) is 7.53. The molecule has 6 heteroatoms. The highest BCUT2D eigenvalue weighted by molar-refractivity contribution is 7.99. The van der Waals surface area contributed by atoms with Crippen LogP contribution >= 0.6 is 11.8 Å². The maximum atomic E-state index is 11.8. The molecule has 1 aromatic heterocycles. The number of aromatic nitrogens is 2. The topological polar surface area (TPSA) is 68.0 Å². The van der Waals surface area contributed by atoms with Crippen LogP contribution in [0.1, 0.15) is 51.3 Å². The standard InChI is InChI=1S/C13H21N3O2S/c1-2-6-12-15-16-13(18-12)19-9-11(17)14-10-7-4-3-5-8-10/h10H,2-9H2,1H3,(H,14,17). The molecule has 1 N–H and O–H groups in total. The fourth-order valence-electron chi connectivity index (χ4n) is 2.25. The summed E-state index contributed by atoms with van der Waals surface area (Å²) in [5, 5.41) is 11.4. The van der Waals surface area contributed by atoms with Gasteiger partial charge in [0.25, 0.3) is 5.22 Å². The molecule has 1 aliphatic carbocycles. The highest BCUT2D eigenvalue weighted by atomic mass is 32.2. The van der Waals surface area contributed by atoms with E-state index in [-0.39, 0.29) is 5.91 Å². The van der Waals surface area contributed by atoms with Crippen LogP contribution in [0.15, 0.2) is 9.64 Å². The van der Waals surface area contributed by atoms with Gasteiger partial charge < -0.3 is 9.73 Å². The predicted molar refractivity (Wildman–Crippen MR) is 74.0 cm³/mol. The summed E-state index contributed by atoms with van der Waals surface area (Å²) in [4.78, 5) is 11.8. The lowest BCUT2D eigenvalue weighted by Crippen LogP contribution is -2.37. The molecule has 0 saturated heterocycles. The Morgan fingerprint density at radius 1 is 1.37 bits per heavy atom. The fraction of sp³-hybridized carbons (Fsp3) is 0.769. The highest BCUT2D eigenvalue weighted by Crippen LogP contribution is 2.19. The van der Waals surface area contributed by atoms with Crippen molar-refractivity contribution in [2.75, 3.05) is 5.75 Å². The number of aryl methyl sites for hydroxylation is 1. The normalized spacial score (nSPS) is 16.5.